The SMILES string of the molecule is CNCC1CCN(C(=O)C(F)(F)F)CC1. The molecule has 0 aliphatic carbocycles. The summed E-state index contributed by atoms with van der Waals surface area (Å²) in [6.07, 6.45) is -3.44. The largest absolute Gasteiger partial charge is 0.471 e. The van der Waals surface area contributed by atoms with E-state index >= 15 is 0 Å². The molecule has 0 atom stereocenters. The Kier molecular flexibility index (Phi) is 3.96. The van der Waals surface area contributed by atoms with E-state index in [1.807, 2.05) is 7.05 Å². The Morgan fingerprint density at radius 2 is 1.93 bits per heavy atom. The number of likely N-dealkylation sites (tertiary alicyclic amines) is 1. The molecule has 1 saturated heterocycles. The van der Waals surface area contributed by atoms with Gasteiger partial charge in [-0.15, -0.1) is 0 Å². The Morgan fingerprint density at radius 1 is 1.40 bits per heavy atom. The van der Waals surface area contributed by atoms with Crippen LogP contribution in [0.2, 0.25) is 0 Å². The first-order valence-corrected chi connectivity index (χ1v) is 4.96. The fourth-order valence-corrected chi connectivity index (χ4v) is 1.81. The van der Waals surface area contributed by atoms with Gasteiger partial charge < -0.3 is 10.2 Å². The summed E-state index contributed by atoms with van der Waals surface area (Å²) < 4.78 is 36.2. The quantitative estimate of drug-likeness (QED) is 0.759. The van der Waals surface area contributed by atoms with Gasteiger partial charge in [-0.3, -0.25) is 4.79 Å². The summed E-state index contributed by atoms with van der Waals surface area (Å²) in [6, 6.07) is 0. The summed E-state index contributed by atoms with van der Waals surface area (Å²) in [5, 5.41) is 2.99. The monoisotopic (exact) mass is 224 g/mol. The highest BCUT2D eigenvalue weighted by atomic mass is 19.4. The van der Waals surface area contributed by atoms with Crippen molar-refractivity contribution < 1.29 is 18.0 Å². The predicted octanol–water partition coefficient (Wildman–Crippen LogP) is 1.01. The lowest BCUT2D eigenvalue weighted by Gasteiger charge is -2.32. The summed E-state index contributed by atoms with van der Waals surface area (Å²) in [6.45, 7) is 1.23. The molecule has 0 unspecified atom stereocenters. The minimum atomic E-state index is -4.73. The second-order valence-corrected chi connectivity index (χ2v) is 3.79. The van der Waals surface area contributed by atoms with Gasteiger partial charge in [-0.1, -0.05) is 0 Å². The number of halogens is 3. The van der Waals surface area contributed by atoms with E-state index in [0.717, 1.165) is 11.4 Å². The van der Waals surface area contributed by atoms with Gasteiger partial charge in [0.1, 0.15) is 0 Å². The summed E-state index contributed by atoms with van der Waals surface area (Å²) in [5.74, 6) is -1.32. The number of piperidine rings is 1. The molecule has 0 aromatic heterocycles. The van der Waals surface area contributed by atoms with Crippen LogP contribution >= 0.6 is 0 Å². The molecule has 0 spiro atoms. The summed E-state index contributed by atoms with van der Waals surface area (Å²) >= 11 is 0. The van der Waals surface area contributed by atoms with Crippen molar-refractivity contribution in [3.05, 3.63) is 0 Å². The van der Waals surface area contributed by atoms with Gasteiger partial charge in [0.05, 0.1) is 0 Å². The van der Waals surface area contributed by atoms with Crippen LogP contribution in [0.3, 0.4) is 0 Å². The van der Waals surface area contributed by atoms with Crippen molar-refractivity contribution in [1.82, 2.24) is 10.2 Å². The lowest BCUT2D eigenvalue weighted by Crippen LogP contribution is -2.46. The van der Waals surface area contributed by atoms with E-state index in [4.69, 9.17) is 0 Å². The number of nitrogens with zero attached hydrogens (tertiary/aromatic N) is 1. The summed E-state index contributed by atoms with van der Waals surface area (Å²) in [5.41, 5.74) is 0. The van der Waals surface area contributed by atoms with E-state index in [1.165, 1.54) is 0 Å². The molecule has 0 radical (unpaired) electrons. The molecule has 15 heavy (non-hydrogen) atoms. The van der Waals surface area contributed by atoms with Crippen LogP contribution < -0.4 is 5.32 Å². The Balaban J connectivity index is 2.41. The number of hydrogen-bond donors (Lipinski definition) is 1. The van der Waals surface area contributed by atoms with Crippen molar-refractivity contribution in [1.29, 1.82) is 0 Å². The van der Waals surface area contributed by atoms with Crippen LogP contribution in [0.25, 0.3) is 0 Å². The number of carbonyl (C=O) groups is 1. The Hall–Kier alpha value is -0.780. The molecule has 0 aromatic carbocycles. The third-order valence-corrected chi connectivity index (χ3v) is 2.64. The minimum Gasteiger partial charge on any atom is -0.335 e. The number of carbonyl (C=O) groups excluding carboxylic acids is 1. The second-order valence-electron chi connectivity index (χ2n) is 3.79. The van der Waals surface area contributed by atoms with Crippen LogP contribution in [0.4, 0.5) is 13.2 Å². The molecule has 1 N–H and O–H groups in total. The molecule has 0 saturated carbocycles. The molecule has 1 aliphatic rings. The van der Waals surface area contributed by atoms with E-state index in [2.05, 4.69) is 5.32 Å². The van der Waals surface area contributed by atoms with Crippen molar-refractivity contribution in [3.8, 4) is 0 Å². The van der Waals surface area contributed by atoms with Crippen LogP contribution in [-0.2, 0) is 4.79 Å². The van der Waals surface area contributed by atoms with E-state index in [0.29, 0.717) is 18.8 Å². The molecule has 1 aliphatic heterocycles. The predicted molar refractivity (Wildman–Crippen MR) is 49.3 cm³/mol. The van der Waals surface area contributed by atoms with Gasteiger partial charge in [-0.2, -0.15) is 13.2 Å². The molecule has 6 heteroatoms. The highest BCUT2D eigenvalue weighted by Crippen LogP contribution is 2.23. The first-order chi connectivity index (χ1) is 6.95. The van der Waals surface area contributed by atoms with Gasteiger partial charge in [-0.25, -0.2) is 0 Å². The van der Waals surface area contributed by atoms with Gasteiger partial charge in [0.2, 0.25) is 0 Å². The lowest BCUT2D eigenvalue weighted by molar-refractivity contribution is -0.186. The minimum absolute atomic E-state index is 0.213. The average Bonchev–Trinajstić information content (AvgIpc) is 2.17. The van der Waals surface area contributed by atoms with Crippen molar-refractivity contribution >= 4 is 5.91 Å². The summed E-state index contributed by atoms with van der Waals surface area (Å²) in [7, 11) is 1.81. The van der Waals surface area contributed by atoms with Crippen molar-refractivity contribution in [2.45, 2.75) is 19.0 Å². The Bertz CT molecular complexity index is 222. The first kappa shape index (κ1) is 12.3. The van der Waals surface area contributed by atoms with Gasteiger partial charge in [0.15, 0.2) is 0 Å². The highest BCUT2D eigenvalue weighted by molar-refractivity contribution is 5.81. The van der Waals surface area contributed by atoms with Gasteiger partial charge in [-0.05, 0) is 32.4 Å². The van der Waals surface area contributed by atoms with Crippen LogP contribution in [0.1, 0.15) is 12.8 Å². The Labute approximate surface area is 86.6 Å². The number of alkyl halides is 3. The van der Waals surface area contributed by atoms with E-state index in [1.54, 1.807) is 0 Å². The zero-order chi connectivity index (χ0) is 11.5. The average molecular weight is 224 g/mol. The Morgan fingerprint density at radius 3 is 2.33 bits per heavy atom. The van der Waals surface area contributed by atoms with Crippen molar-refractivity contribution in [2.24, 2.45) is 5.92 Å². The lowest BCUT2D eigenvalue weighted by atomic mass is 9.97. The van der Waals surface area contributed by atoms with Gasteiger partial charge >= 0.3 is 12.1 Å². The van der Waals surface area contributed by atoms with Gasteiger partial charge in [0, 0.05) is 13.1 Å². The molecule has 1 amide bonds. The molecular formula is C9H15F3N2O. The molecule has 1 rings (SSSR count). The third kappa shape index (κ3) is 3.37. The number of hydrogen-bond acceptors (Lipinski definition) is 2. The maximum atomic E-state index is 12.1. The van der Waals surface area contributed by atoms with Crippen molar-refractivity contribution in [2.75, 3.05) is 26.7 Å². The maximum absolute atomic E-state index is 12.1. The number of nitrogens with one attached hydrogen (secondary N) is 1. The topological polar surface area (TPSA) is 32.3 Å². The normalized spacial score (nSPS) is 19.3. The van der Waals surface area contributed by atoms with Crippen LogP contribution in [0.5, 0.6) is 0 Å². The number of amides is 1. The zero-order valence-electron chi connectivity index (χ0n) is 8.60. The molecule has 0 bridgehead atoms. The molecule has 88 valence electrons. The zero-order valence-corrected chi connectivity index (χ0v) is 8.60. The van der Waals surface area contributed by atoms with E-state index < -0.39 is 12.1 Å². The fraction of sp³-hybridized carbons (Fsp3) is 0.889. The van der Waals surface area contributed by atoms with E-state index in [-0.39, 0.29) is 13.1 Å². The van der Waals surface area contributed by atoms with Crippen LogP contribution in [-0.4, -0.2) is 43.7 Å². The van der Waals surface area contributed by atoms with Crippen LogP contribution in [0, 0.1) is 5.92 Å². The summed E-state index contributed by atoms with van der Waals surface area (Å²) in [4.78, 5) is 11.8. The smallest absolute Gasteiger partial charge is 0.335 e. The highest BCUT2D eigenvalue weighted by Gasteiger charge is 2.43. The molecule has 1 fully saturated rings. The maximum Gasteiger partial charge on any atom is 0.471 e. The number of rotatable bonds is 2. The molecule has 3 nitrogen and oxygen atoms in total. The van der Waals surface area contributed by atoms with Crippen molar-refractivity contribution in [3.63, 3.8) is 0 Å². The molecule has 0 aromatic rings. The fourth-order valence-electron chi connectivity index (χ4n) is 1.81. The first-order valence-electron chi connectivity index (χ1n) is 4.96. The van der Waals surface area contributed by atoms with Crippen LogP contribution in [0.15, 0.2) is 0 Å². The molecular weight excluding hydrogens is 209 g/mol. The second kappa shape index (κ2) is 4.83. The third-order valence-electron chi connectivity index (χ3n) is 2.64. The molecule has 1 heterocycles. The van der Waals surface area contributed by atoms with Gasteiger partial charge in [0.25, 0.3) is 0 Å². The standard InChI is InChI=1S/C9H15F3N2O/c1-13-6-7-2-4-14(5-3-7)8(15)9(10,11)12/h7,13H,2-6H2,1H3. The van der Waals surface area contributed by atoms with E-state index in [9.17, 15) is 18.0 Å².